The van der Waals surface area contributed by atoms with Crippen LogP contribution in [-0.2, 0) is 5.41 Å². The number of benzene rings is 2. The summed E-state index contributed by atoms with van der Waals surface area (Å²) in [6.07, 6.45) is 3.98. The van der Waals surface area contributed by atoms with Crippen LogP contribution in [-0.4, -0.2) is 0 Å². The molecule has 0 unspecified atom stereocenters. The smallest absolute Gasteiger partial charge is 0.0152 e. The van der Waals surface area contributed by atoms with E-state index in [9.17, 15) is 0 Å². The van der Waals surface area contributed by atoms with Crippen molar-refractivity contribution in [2.24, 2.45) is 0 Å². The minimum absolute atomic E-state index is 0.0448. The highest BCUT2D eigenvalue weighted by atomic mass is 14.3. The molecule has 0 aromatic heterocycles. The van der Waals surface area contributed by atoms with E-state index in [4.69, 9.17) is 0 Å². The average molecular weight is 248 g/mol. The van der Waals surface area contributed by atoms with E-state index in [-0.39, 0.29) is 5.41 Å². The molecule has 0 saturated heterocycles. The van der Waals surface area contributed by atoms with Crippen LogP contribution >= 0.6 is 0 Å². The highest BCUT2D eigenvalue weighted by Gasteiger charge is 2.25. The first-order valence-corrected chi connectivity index (χ1v) is 6.60. The Kier molecular flexibility index (Phi) is 4.01. The molecule has 2 aromatic carbocycles. The van der Waals surface area contributed by atoms with Gasteiger partial charge in [0.2, 0.25) is 0 Å². The van der Waals surface area contributed by atoms with Gasteiger partial charge in [-0.2, -0.15) is 0 Å². The van der Waals surface area contributed by atoms with E-state index in [2.05, 4.69) is 81.1 Å². The van der Waals surface area contributed by atoms with Crippen LogP contribution in [0.5, 0.6) is 0 Å². The molecule has 96 valence electrons. The van der Waals surface area contributed by atoms with Crippen molar-refractivity contribution in [2.75, 3.05) is 0 Å². The first kappa shape index (κ1) is 13.4. The number of hydrogen-bond donors (Lipinski definition) is 0. The Balaban J connectivity index is 2.52. The zero-order chi connectivity index (χ0) is 13.7. The lowest BCUT2D eigenvalue weighted by atomic mass is 9.74. The van der Waals surface area contributed by atoms with Gasteiger partial charge in [0, 0.05) is 5.41 Å². The fourth-order valence-corrected chi connectivity index (χ4v) is 2.41. The zero-order valence-corrected chi connectivity index (χ0v) is 11.6. The van der Waals surface area contributed by atoms with Gasteiger partial charge in [-0.15, -0.1) is 0 Å². The van der Waals surface area contributed by atoms with E-state index in [0.717, 1.165) is 0 Å². The summed E-state index contributed by atoms with van der Waals surface area (Å²) in [6.45, 7) is 8.37. The quantitative estimate of drug-likeness (QED) is 0.650. The molecule has 0 radical (unpaired) electrons. The number of rotatable bonds is 4. The summed E-state index contributed by atoms with van der Waals surface area (Å²) in [4.78, 5) is 0. The van der Waals surface area contributed by atoms with Gasteiger partial charge in [0.25, 0.3) is 0 Å². The maximum absolute atomic E-state index is 3.86. The summed E-state index contributed by atoms with van der Waals surface area (Å²) >= 11 is 0. The number of hydrogen-bond acceptors (Lipinski definition) is 0. The molecule has 2 rings (SSSR count). The second-order valence-corrected chi connectivity index (χ2v) is 5.17. The van der Waals surface area contributed by atoms with Crippen LogP contribution in [0, 0.1) is 0 Å². The second-order valence-electron chi connectivity index (χ2n) is 5.17. The minimum atomic E-state index is -0.0448. The third-order valence-electron chi connectivity index (χ3n) is 3.54. The van der Waals surface area contributed by atoms with Gasteiger partial charge < -0.3 is 0 Å². The van der Waals surface area contributed by atoms with Gasteiger partial charge in [0.1, 0.15) is 0 Å². The minimum Gasteiger partial charge on any atom is -0.0991 e. The molecule has 0 aliphatic carbocycles. The van der Waals surface area contributed by atoms with E-state index in [1.165, 1.54) is 16.7 Å². The Morgan fingerprint density at radius 1 is 0.895 bits per heavy atom. The predicted octanol–water partition coefficient (Wildman–Crippen LogP) is 5.23. The van der Waals surface area contributed by atoms with Crippen molar-refractivity contribution in [3.8, 4) is 0 Å². The van der Waals surface area contributed by atoms with E-state index in [1.54, 1.807) is 0 Å². The standard InChI is InChI=1S/C19H20/c1-4-11-18(16-12-7-5-8-13-16)19(2,3)17-14-9-6-10-15-17/h4-15H,1H2,2-3H3/b18-11-. The molecule has 0 amide bonds. The van der Waals surface area contributed by atoms with Crippen LogP contribution in [0.2, 0.25) is 0 Å². The maximum Gasteiger partial charge on any atom is 0.0152 e. The summed E-state index contributed by atoms with van der Waals surface area (Å²) in [5.41, 5.74) is 3.80. The molecule has 0 spiro atoms. The monoisotopic (exact) mass is 248 g/mol. The molecule has 0 heterocycles. The van der Waals surface area contributed by atoms with E-state index in [0.29, 0.717) is 0 Å². The van der Waals surface area contributed by atoms with Crippen LogP contribution in [0.3, 0.4) is 0 Å². The van der Waals surface area contributed by atoms with Gasteiger partial charge in [-0.25, -0.2) is 0 Å². The molecule has 0 atom stereocenters. The molecule has 0 nitrogen and oxygen atoms in total. The Hall–Kier alpha value is -2.08. The molecule has 19 heavy (non-hydrogen) atoms. The Labute approximate surface area is 116 Å². The van der Waals surface area contributed by atoms with Crippen molar-refractivity contribution in [3.63, 3.8) is 0 Å². The molecule has 0 heteroatoms. The van der Waals surface area contributed by atoms with Crippen molar-refractivity contribution in [3.05, 3.63) is 90.5 Å². The van der Waals surface area contributed by atoms with Gasteiger partial charge in [-0.1, -0.05) is 93.2 Å². The molecule has 0 bridgehead atoms. The third-order valence-corrected chi connectivity index (χ3v) is 3.54. The van der Waals surface area contributed by atoms with Crippen LogP contribution in [0.15, 0.2) is 79.4 Å². The molecule has 0 aliphatic heterocycles. The Morgan fingerprint density at radius 3 is 1.95 bits per heavy atom. The summed E-state index contributed by atoms with van der Waals surface area (Å²) < 4.78 is 0. The Morgan fingerprint density at radius 2 is 1.42 bits per heavy atom. The van der Waals surface area contributed by atoms with Crippen LogP contribution < -0.4 is 0 Å². The fraction of sp³-hybridized carbons (Fsp3) is 0.158. The van der Waals surface area contributed by atoms with Crippen LogP contribution in [0.1, 0.15) is 25.0 Å². The second kappa shape index (κ2) is 5.71. The topological polar surface area (TPSA) is 0 Å². The third kappa shape index (κ3) is 2.85. The van der Waals surface area contributed by atoms with E-state index in [1.807, 2.05) is 12.1 Å². The fourth-order valence-electron chi connectivity index (χ4n) is 2.41. The van der Waals surface area contributed by atoms with Gasteiger partial charge in [0.05, 0.1) is 0 Å². The molecular weight excluding hydrogens is 228 g/mol. The average Bonchev–Trinajstić information content (AvgIpc) is 2.46. The van der Waals surface area contributed by atoms with Crippen LogP contribution in [0.25, 0.3) is 5.57 Å². The lowest BCUT2D eigenvalue weighted by molar-refractivity contribution is 0.692. The maximum atomic E-state index is 3.86. The summed E-state index contributed by atoms with van der Waals surface area (Å²) in [5, 5.41) is 0. The van der Waals surface area contributed by atoms with Gasteiger partial charge >= 0.3 is 0 Å². The van der Waals surface area contributed by atoms with Crippen LogP contribution in [0.4, 0.5) is 0 Å². The summed E-state index contributed by atoms with van der Waals surface area (Å²) in [7, 11) is 0. The lowest BCUT2D eigenvalue weighted by Gasteiger charge is -2.29. The largest absolute Gasteiger partial charge is 0.0991 e. The normalized spacial score (nSPS) is 12.2. The van der Waals surface area contributed by atoms with Crippen molar-refractivity contribution in [2.45, 2.75) is 19.3 Å². The molecule has 0 fully saturated rings. The molecule has 0 aliphatic rings. The first-order chi connectivity index (χ1) is 9.16. The molecular formula is C19H20. The molecule has 0 N–H and O–H groups in total. The van der Waals surface area contributed by atoms with Crippen molar-refractivity contribution < 1.29 is 0 Å². The predicted molar refractivity (Wildman–Crippen MR) is 84.1 cm³/mol. The first-order valence-electron chi connectivity index (χ1n) is 6.60. The van der Waals surface area contributed by atoms with Crippen molar-refractivity contribution in [1.82, 2.24) is 0 Å². The van der Waals surface area contributed by atoms with Gasteiger partial charge in [-0.05, 0) is 16.7 Å². The molecule has 0 saturated carbocycles. The van der Waals surface area contributed by atoms with Crippen molar-refractivity contribution in [1.29, 1.82) is 0 Å². The Bertz CT molecular complexity index is 560. The lowest BCUT2D eigenvalue weighted by Crippen LogP contribution is -2.19. The number of allylic oxidation sites excluding steroid dienone is 3. The highest BCUT2D eigenvalue weighted by Crippen LogP contribution is 2.37. The SMILES string of the molecule is C=C/C=C(/c1ccccc1)C(C)(C)c1ccccc1. The van der Waals surface area contributed by atoms with Gasteiger partial charge in [-0.3, -0.25) is 0 Å². The van der Waals surface area contributed by atoms with Gasteiger partial charge in [0.15, 0.2) is 0 Å². The molecule has 2 aromatic rings. The zero-order valence-electron chi connectivity index (χ0n) is 11.6. The summed E-state index contributed by atoms with van der Waals surface area (Å²) in [5.74, 6) is 0. The van der Waals surface area contributed by atoms with Crippen molar-refractivity contribution >= 4 is 5.57 Å². The highest BCUT2D eigenvalue weighted by molar-refractivity contribution is 5.75. The van der Waals surface area contributed by atoms with E-state index >= 15 is 0 Å². The van der Waals surface area contributed by atoms with E-state index < -0.39 is 0 Å². The summed E-state index contributed by atoms with van der Waals surface area (Å²) in [6, 6.07) is 21.1.